The molecule has 0 bridgehead atoms. The summed E-state index contributed by atoms with van der Waals surface area (Å²) in [5, 5.41) is 8.40. The van der Waals surface area contributed by atoms with Crippen LogP contribution in [0.15, 0.2) is 41.5 Å². The molecule has 1 amide bonds. The van der Waals surface area contributed by atoms with Crippen molar-refractivity contribution in [1.29, 1.82) is 0 Å². The normalized spacial score (nSPS) is 25.4. The van der Waals surface area contributed by atoms with E-state index in [-0.39, 0.29) is 29.6 Å². The maximum atomic E-state index is 14.8. The fourth-order valence-electron chi connectivity index (χ4n) is 4.36. The Labute approximate surface area is 195 Å². The molecule has 1 fully saturated rings. The summed E-state index contributed by atoms with van der Waals surface area (Å²) in [6, 6.07) is 5.96. The number of rotatable bonds is 5. The summed E-state index contributed by atoms with van der Waals surface area (Å²) in [5.41, 5.74) is -1.49. The molecule has 2 aromatic rings. The predicted octanol–water partition coefficient (Wildman–Crippen LogP) is 3.31. The van der Waals surface area contributed by atoms with Gasteiger partial charge in [-0.25, -0.2) is 22.6 Å². The van der Waals surface area contributed by atoms with Crippen LogP contribution < -0.4 is 10.3 Å². The molecule has 1 saturated heterocycles. The summed E-state index contributed by atoms with van der Waals surface area (Å²) in [6.07, 6.45) is -0.228. The lowest BCUT2D eigenvalue weighted by atomic mass is 9.81. The lowest BCUT2D eigenvalue weighted by Gasteiger charge is -2.37. The molecule has 2 aromatic carbocycles. The molecule has 34 heavy (non-hydrogen) atoms. The first-order valence-corrected chi connectivity index (χ1v) is 11.0. The second kappa shape index (κ2) is 9.34. The zero-order chi connectivity index (χ0) is 24.6. The van der Waals surface area contributed by atoms with Crippen LogP contribution in [0.2, 0.25) is 0 Å². The molecule has 2 aliphatic rings. The molecule has 0 spiro atoms. The van der Waals surface area contributed by atoms with E-state index < -0.39 is 40.6 Å². The molecule has 3 atom stereocenters. The molecule has 1 N–H and O–H groups in total. The van der Waals surface area contributed by atoms with Gasteiger partial charge in [-0.3, -0.25) is 4.79 Å². The van der Waals surface area contributed by atoms with E-state index >= 15 is 0 Å². The Bertz CT molecular complexity index is 1130. The number of anilines is 1. The Hall–Kier alpha value is -2.98. The standard InChI is InChI=1S/C24H26F4N4O2/c1-14-22(18-6-4-15(25)10-19(18)27)30-32(21-7-5-16(26)11-20(21)28)24(14,2)23(33)29-12-17-13-31(3)8-9-34-17/h4-7,10-11,14,17H,8-9,12-13H2,1-3H3,(H,29,33)/t14-,17-,24-/m1/s1. The van der Waals surface area contributed by atoms with E-state index in [4.69, 9.17) is 4.74 Å². The molecule has 6 nitrogen and oxygen atoms in total. The van der Waals surface area contributed by atoms with E-state index in [0.29, 0.717) is 19.2 Å². The van der Waals surface area contributed by atoms with Gasteiger partial charge < -0.3 is 15.0 Å². The van der Waals surface area contributed by atoms with Gasteiger partial charge >= 0.3 is 0 Å². The van der Waals surface area contributed by atoms with Crippen molar-refractivity contribution in [2.45, 2.75) is 25.5 Å². The SMILES string of the molecule is C[C@@H]1C(c2ccc(F)cc2F)=NN(c2ccc(F)cc2F)[C@@]1(C)C(=O)NC[C@@H]1CN(C)CCO1. The molecule has 10 heteroatoms. The van der Waals surface area contributed by atoms with Crippen LogP contribution in [-0.2, 0) is 9.53 Å². The third-order valence-corrected chi connectivity index (χ3v) is 6.54. The van der Waals surface area contributed by atoms with Gasteiger partial charge in [-0.15, -0.1) is 0 Å². The Morgan fingerprint density at radius 1 is 1.15 bits per heavy atom. The summed E-state index contributed by atoms with van der Waals surface area (Å²) in [5.74, 6) is -4.53. The van der Waals surface area contributed by atoms with E-state index in [1.54, 1.807) is 13.8 Å². The summed E-state index contributed by atoms with van der Waals surface area (Å²) >= 11 is 0. The number of benzene rings is 2. The number of carbonyl (C=O) groups excluding carboxylic acids is 1. The highest BCUT2D eigenvalue weighted by Gasteiger charge is 2.53. The van der Waals surface area contributed by atoms with E-state index in [9.17, 15) is 22.4 Å². The van der Waals surface area contributed by atoms with Gasteiger partial charge in [0.15, 0.2) is 5.82 Å². The number of nitrogens with zero attached hydrogens (tertiary/aromatic N) is 3. The van der Waals surface area contributed by atoms with Gasteiger partial charge in [0.05, 0.1) is 24.1 Å². The molecule has 0 radical (unpaired) electrons. The van der Waals surface area contributed by atoms with Gasteiger partial charge in [-0.1, -0.05) is 6.92 Å². The number of hydrogen-bond donors (Lipinski definition) is 1. The van der Waals surface area contributed by atoms with Gasteiger partial charge in [0, 0.05) is 43.2 Å². The topological polar surface area (TPSA) is 57.2 Å². The number of halogens is 4. The number of hydrogen-bond acceptors (Lipinski definition) is 5. The maximum Gasteiger partial charge on any atom is 0.248 e. The largest absolute Gasteiger partial charge is 0.374 e. The third kappa shape index (κ3) is 4.39. The first-order chi connectivity index (χ1) is 16.1. The predicted molar refractivity (Wildman–Crippen MR) is 120 cm³/mol. The van der Waals surface area contributed by atoms with Crippen LogP contribution in [0.25, 0.3) is 0 Å². The van der Waals surface area contributed by atoms with Crippen molar-refractivity contribution in [3.8, 4) is 0 Å². The van der Waals surface area contributed by atoms with Crippen molar-refractivity contribution in [2.24, 2.45) is 11.0 Å². The number of amides is 1. The van der Waals surface area contributed by atoms with Crippen LogP contribution in [0.4, 0.5) is 23.2 Å². The Balaban J connectivity index is 1.70. The maximum absolute atomic E-state index is 14.8. The zero-order valence-electron chi connectivity index (χ0n) is 19.1. The summed E-state index contributed by atoms with van der Waals surface area (Å²) in [4.78, 5) is 15.6. The number of nitrogens with one attached hydrogen (secondary N) is 1. The minimum absolute atomic E-state index is 0.00446. The second-order valence-electron chi connectivity index (χ2n) is 8.85. The minimum atomic E-state index is -1.49. The number of carbonyl (C=O) groups is 1. The van der Waals surface area contributed by atoms with Gasteiger partial charge in [-0.2, -0.15) is 5.10 Å². The van der Waals surface area contributed by atoms with Crippen molar-refractivity contribution in [3.63, 3.8) is 0 Å². The van der Waals surface area contributed by atoms with E-state index in [1.807, 2.05) is 7.05 Å². The second-order valence-corrected chi connectivity index (χ2v) is 8.85. The average molecular weight is 478 g/mol. The summed E-state index contributed by atoms with van der Waals surface area (Å²) in [6.45, 7) is 5.39. The highest BCUT2D eigenvalue weighted by Crippen LogP contribution is 2.40. The monoisotopic (exact) mass is 478 g/mol. The molecule has 4 rings (SSSR count). The third-order valence-electron chi connectivity index (χ3n) is 6.54. The molecule has 2 aliphatic heterocycles. The van der Waals surface area contributed by atoms with Gasteiger partial charge in [0.2, 0.25) is 5.91 Å². The fraction of sp³-hybridized carbons (Fsp3) is 0.417. The lowest BCUT2D eigenvalue weighted by Crippen LogP contribution is -2.59. The highest BCUT2D eigenvalue weighted by atomic mass is 19.1. The highest BCUT2D eigenvalue weighted by molar-refractivity contribution is 6.10. The molecule has 0 saturated carbocycles. The number of hydrazone groups is 1. The van der Waals surface area contributed by atoms with Crippen molar-refractivity contribution in [2.75, 3.05) is 38.3 Å². The molecule has 182 valence electrons. The summed E-state index contributed by atoms with van der Waals surface area (Å²) < 4.78 is 62.2. The van der Waals surface area contributed by atoms with Crippen molar-refractivity contribution in [1.82, 2.24) is 10.2 Å². The molecule has 2 heterocycles. The zero-order valence-corrected chi connectivity index (χ0v) is 19.1. The smallest absolute Gasteiger partial charge is 0.248 e. The van der Waals surface area contributed by atoms with E-state index in [0.717, 1.165) is 29.8 Å². The van der Waals surface area contributed by atoms with Crippen LogP contribution >= 0.6 is 0 Å². The Kier molecular flexibility index (Phi) is 6.64. The number of morpholine rings is 1. The van der Waals surface area contributed by atoms with Crippen LogP contribution in [-0.4, -0.2) is 61.5 Å². The van der Waals surface area contributed by atoms with Gasteiger partial charge in [-0.05, 0) is 38.2 Å². The molecular formula is C24H26F4N4O2. The lowest BCUT2D eigenvalue weighted by molar-refractivity contribution is -0.127. The van der Waals surface area contributed by atoms with Gasteiger partial charge in [0.1, 0.15) is 23.0 Å². The van der Waals surface area contributed by atoms with Crippen LogP contribution in [0.1, 0.15) is 19.4 Å². The first-order valence-electron chi connectivity index (χ1n) is 11.0. The van der Waals surface area contributed by atoms with Gasteiger partial charge in [0.25, 0.3) is 0 Å². The summed E-state index contributed by atoms with van der Waals surface area (Å²) in [7, 11) is 1.95. The fourth-order valence-corrected chi connectivity index (χ4v) is 4.36. The number of ether oxygens (including phenoxy) is 1. The molecule has 0 unspecified atom stereocenters. The Morgan fingerprint density at radius 2 is 1.82 bits per heavy atom. The van der Waals surface area contributed by atoms with Crippen LogP contribution in [0.5, 0.6) is 0 Å². The van der Waals surface area contributed by atoms with Crippen LogP contribution in [0, 0.1) is 29.2 Å². The van der Waals surface area contributed by atoms with Crippen molar-refractivity contribution >= 4 is 17.3 Å². The van der Waals surface area contributed by atoms with E-state index in [1.165, 1.54) is 12.1 Å². The molecular weight excluding hydrogens is 452 g/mol. The molecule has 0 aliphatic carbocycles. The minimum Gasteiger partial charge on any atom is -0.374 e. The number of likely N-dealkylation sites (N-methyl/N-ethyl adjacent to an activating group) is 1. The van der Waals surface area contributed by atoms with Crippen molar-refractivity contribution < 1.29 is 27.1 Å². The van der Waals surface area contributed by atoms with Crippen LogP contribution in [0.3, 0.4) is 0 Å². The quantitative estimate of drug-likeness (QED) is 0.671. The van der Waals surface area contributed by atoms with E-state index in [2.05, 4.69) is 15.3 Å². The van der Waals surface area contributed by atoms with Crippen molar-refractivity contribution in [3.05, 3.63) is 65.2 Å². The Morgan fingerprint density at radius 3 is 2.47 bits per heavy atom. The average Bonchev–Trinajstić information content (AvgIpc) is 3.04. The molecule has 0 aromatic heterocycles. The first kappa shape index (κ1) is 24.2.